The average molecular weight is 327 g/mol. The highest BCUT2D eigenvalue weighted by molar-refractivity contribution is 7.89. The van der Waals surface area contributed by atoms with Crippen LogP contribution in [-0.2, 0) is 17.1 Å². The molecule has 1 aromatic heterocycles. The van der Waals surface area contributed by atoms with Gasteiger partial charge in [-0.1, -0.05) is 0 Å². The van der Waals surface area contributed by atoms with Gasteiger partial charge in [-0.2, -0.15) is 5.10 Å². The molecule has 0 aliphatic rings. The lowest BCUT2D eigenvalue weighted by atomic mass is 10.2. The molecule has 0 saturated heterocycles. The smallest absolute Gasteiger partial charge is 0.241 e. The maximum Gasteiger partial charge on any atom is 0.241 e. The number of aryl methyl sites for hydroxylation is 2. The van der Waals surface area contributed by atoms with Gasteiger partial charge in [-0.3, -0.25) is 4.68 Å². The third-order valence-electron chi connectivity index (χ3n) is 3.21. The summed E-state index contributed by atoms with van der Waals surface area (Å²) in [4.78, 5) is 0.0376. The number of methoxy groups -OCH3 is 1. The van der Waals surface area contributed by atoms with Crippen molar-refractivity contribution in [2.45, 2.75) is 24.8 Å². The van der Waals surface area contributed by atoms with Crippen molar-refractivity contribution in [3.8, 4) is 5.75 Å². The highest BCUT2D eigenvalue weighted by Gasteiger charge is 2.24. The van der Waals surface area contributed by atoms with E-state index in [4.69, 9.17) is 4.74 Å². The predicted molar refractivity (Wildman–Crippen MR) is 79.6 cm³/mol. The fourth-order valence-electron chi connectivity index (χ4n) is 2.21. The molecule has 0 aliphatic carbocycles. The number of sulfonamides is 1. The molecular weight excluding hydrogens is 309 g/mol. The summed E-state index contributed by atoms with van der Waals surface area (Å²) in [5.41, 5.74) is 0.820. The van der Waals surface area contributed by atoms with Gasteiger partial charge < -0.3 is 4.74 Å². The lowest BCUT2D eigenvalue weighted by Crippen LogP contribution is -2.28. The summed E-state index contributed by atoms with van der Waals surface area (Å²) in [6.45, 7) is 3.21. The van der Waals surface area contributed by atoms with Crippen LogP contribution >= 0.6 is 0 Å². The van der Waals surface area contributed by atoms with Gasteiger partial charge in [0.25, 0.3) is 0 Å². The first-order chi connectivity index (χ1) is 10.2. The SMILES string of the molecule is COc1cn(C)nc1C(C)NS(=O)(=O)c1ccc(F)cc1C. The number of halogens is 1. The second-order valence-corrected chi connectivity index (χ2v) is 6.69. The van der Waals surface area contributed by atoms with E-state index in [1.165, 1.54) is 19.2 Å². The monoisotopic (exact) mass is 327 g/mol. The number of rotatable bonds is 5. The van der Waals surface area contributed by atoms with Crippen LogP contribution < -0.4 is 9.46 Å². The second-order valence-electron chi connectivity index (χ2n) is 5.01. The quantitative estimate of drug-likeness (QED) is 0.910. The van der Waals surface area contributed by atoms with Crippen LogP contribution in [0.3, 0.4) is 0 Å². The molecule has 120 valence electrons. The number of hydrogen-bond acceptors (Lipinski definition) is 4. The molecule has 0 bridgehead atoms. The van der Waals surface area contributed by atoms with Gasteiger partial charge in [-0.15, -0.1) is 0 Å². The van der Waals surface area contributed by atoms with Crippen molar-refractivity contribution in [2.75, 3.05) is 7.11 Å². The fourth-order valence-corrected chi connectivity index (χ4v) is 3.64. The Labute approximate surface area is 129 Å². The molecule has 0 spiro atoms. The Balaban J connectivity index is 2.31. The first-order valence-corrected chi connectivity index (χ1v) is 8.09. The molecule has 1 aromatic carbocycles. The summed E-state index contributed by atoms with van der Waals surface area (Å²) in [6, 6.07) is 2.95. The molecule has 1 unspecified atom stereocenters. The number of ether oxygens (including phenoxy) is 1. The summed E-state index contributed by atoms with van der Waals surface area (Å²) in [7, 11) is -0.581. The maximum absolute atomic E-state index is 13.1. The van der Waals surface area contributed by atoms with Crippen molar-refractivity contribution in [3.05, 3.63) is 41.5 Å². The van der Waals surface area contributed by atoms with Gasteiger partial charge in [-0.25, -0.2) is 17.5 Å². The number of benzene rings is 1. The van der Waals surface area contributed by atoms with Crippen molar-refractivity contribution in [1.82, 2.24) is 14.5 Å². The van der Waals surface area contributed by atoms with Crippen LogP contribution in [0.5, 0.6) is 5.75 Å². The Morgan fingerprint density at radius 3 is 2.68 bits per heavy atom. The molecule has 1 N–H and O–H groups in total. The number of hydrogen-bond donors (Lipinski definition) is 1. The first kappa shape index (κ1) is 16.4. The summed E-state index contributed by atoms with van der Waals surface area (Å²) in [5.74, 6) is 0.0180. The van der Waals surface area contributed by atoms with Crippen LogP contribution in [0, 0.1) is 12.7 Å². The largest absolute Gasteiger partial charge is 0.493 e. The number of aromatic nitrogens is 2. The van der Waals surface area contributed by atoms with E-state index in [9.17, 15) is 12.8 Å². The van der Waals surface area contributed by atoms with E-state index in [2.05, 4.69) is 9.82 Å². The zero-order chi connectivity index (χ0) is 16.5. The number of nitrogens with zero attached hydrogens (tertiary/aromatic N) is 2. The van der Waals surface area contributed by atoms with Crippen LogP contribution in [0.2, 0.25) is 0 Å². The predicted octanol–water partition coefficient (Wildman–Crippen LogP) is 1.92. The summed E-state index contributed by atoms with van der Waals surface area (Å²) < 4.78 is 47.3. The van der Waals surface area contributed by atoms with Crippen LogP contribution in [0.1, 0.15) is 24.2 Å². The number of nitrogens with one attached hydrogen (secondary N) is 1. The molecule has 0 amide bonds. The molecule has 0 radical (unpaired) electrons. The molecular formula is C14H18FN3O3S. The van der Waals surface area contributed by atoms with E-state index in [0.717, 1.165) is 6.07 Å². The zero-order valence-electron chi connectivity index (χ0n) is 12.8. The molecule has 2 aromatic rings. The Morgan fingerprint density at radius 2 is 2.09 bits per heavy atom. The van der Waals surface area contributed by atoms with Crippen LogP contribution in [0.4, 0.5) is 4.39 Å². The fraction of sp³-hybridized carbons (Fsp3) is 0.357. The Kier molecular flexibility index (Phi) is 4.52. The summed E-state index contributed by atoms with van der Waals surface area (Å²) in [5, 5.41) is 4.20. The topological polar surface area (TPSA) is 73.2 Å². The third-order valence-corrected chi connectivity index (χ3v) is 4.91. The van der Waals surface area contributed by atoms with Crippen molar-refractivity contribution in [2.24, 2.45) is 7.05 Å². The van der Waals surface area contributed by atoms with E-state index in [-0.39, 0.29) is 4.90 Å². The van der Waals surface area contributed by atoms with Gasteiger partial charge in [0.05, 0.1) is 24.2 Å². The van der Waals surface area contributed by atoms with Crippen molar-refractivity contribution in [3.63, 3.8) is 0 Å². The molecule has 0 fully saturated rings. The molecule has 0 aliphatic heterocycles. The van der Waals surface area contributed by atoms with Crippen molar-refractivity contribution < 1.29 is 17.5 Å². The Bertz CT molecular complexity index is 787. The minimum Gasteiger partial charge on any atom is -0.493 e. The Morgan fingerprint density at radius 1 is 1.41 bits per heavy atom. The summed E-state index contributed by atoms with van der Waals surface area (Å²) >= 11 is 0. The van der Waals surface area contributed by atoms with Crippen LogP contribution in [0.25, 0.3) is 0 Å². The second kappa shape index (κ2) is 6.05. The minimum absolute atomic E-state index is 0.0376. The molecule has 8 heteroatoms. The zero-order valence-corrected chi connectivity index (χ0v) is 13.6. The minimum atomic E-state index is -3.79. The van der Waals surface area contributed by atoms with Gasteiger partial charge in [-0.05, 0) is 37.6 Å². The standard InChI is InChI=1S/C14H18FN3O3S/c1-9-7-11(15)5-6-13(9)22(19,20)17-10(2)14-12(21-4)8-18(3)16-14/h5-8,10,17H,1-4H3. The Hall–Kier alpha value is -1.93. The molecule has 1 heterocycles. The molecule has 0 saturated carbocycles. The van der Waals surface area contributed by atoms with Crippen LogP contribution in [0.15, 0.2) is 29.3 Å². The molecule has 2 rings (SSSR count). The lowest BCUT2D eigenvalue weighted by molar-refractivity contribution is 0.405. The van der Waals surface area contributed by atoms with Crippen molar-refractivity contribution >= 4 is 10.0 Å². The maximum atomic E-state index is 13.1. The van der Waals surface area contributed by atoms with E-state index in [0.29, 0.717) is 17.0 Å². The third kappa shape index (κ3) is 3.28. The molecule has 22 heavy (non-hydrogen) atoms. The van der Waals surface area contributed by atoms with E-state index in [1.54, 1.807) is 31.8 Å². The van der Waals surface area contributed by atoms with Gasteiger partial charge in [0, 0.05) is 7.05 Å². The van der Waals surface area contributed by atoms with Crippen molar-refractivity contribution in [1.29, 1.82) is 0 Å². The molecule has 1 atom stereocenters. The lowest BCUT2D eigenvalue weighted by Gasteiger charge is -2.14. The highest BCUT2D eigenvalue weighted by Crippen LogP contribution is 2.25. The van der Waals surface area contributed by atoms with Gasteiger partial charge >= 0.3 is 0 Å². The molecule has 6 nitrogen and oxygen atoms in total. The first-order valence-electron chi connectivity index (χ1n) is 6.60. The van der Waals surface area contributed by atoms with Crippen LogP contribution in [-0.4, -0.2) is 25.3 Å². The summed E-state index contributed by atoms with van der Waals surface area (Å²) in [6.07, 6.45) is 1.66. The normalized spacial score (nSPS) is 13.1. The van der Waals surface area contributed by atoms with E-state index < -0.39 is 21.9 Å². The van der Waals surface area contributed by atoms with E-state index >= 15 is 0 Å². The van der Waals surface area contributed by atoms with E-state index in [1.807, 2.05) is 0 Å². The van der Waals surface area contributed by atoms with Gasteiger partial charge in [0.2, 0.25) is 10.0 Å². The highest BCUT2D eigenvalue weighted by atomic mass is 32.2. The van der Waals surface area contributed by atoms with Gasteiger partial charge in [0.15, 0.2) is 5.75 Å². The average Bonchev–Trinajstić information content (AvgIpc) is 2.79. The van der Waals surface area contributed by atoms with Gasteiger partial charge in [0.1, 0.15) is 11.5 Å².